The van der Waals surface area contributed by atoms with Crippen LogP contribution in [0.1, 0.15) is 51.1 Å². The molecule has 0 saturated carbocycles. The van der Waals surface area contributed by atoms with E-state index in [0.29, 0.717) is 50.3 Å². The van der Waals surface area contributed by atoms with Gasteiger partial charge in [0.05, 0.1) is 11.3 Å². The highest BCUT2D eigenvalue weighted by Gasteiger charge is 2.44. The Balaban J connectivity index is 0.000000630. The summed E-state index contributed by atoms with van der Waals surface area (Å²) in [4.78, 5) is 51.7. The molecule has 1 unspecified atom stereocenters. The van der Waals surface area contributed by atoms with Crippen molar-refractivity contribution < 1.29 is 37.1 Å². The number of aromatic amines is 1. The highest BCUT2D eigenvalue weighted by Crippen LogP contribution is 2.31. The largest absolute Gasteiger partial charge is 0.490 e. The number of aromatic nitrogens is 2. The van der Waals surface area contributed by atoms with Crippen molar-refractivity contribution in [1.29, 1.82) is 0 Å². The van der Waals surface area contributed by atoms with Crippen LogP contribution < -0.4 is 10.9 Å². The van der Waals surface area contributed by atoms with Crippen molar-refractivity contribution in [3.63, 3.8) is 0 Å². The van der Waals surface area contributed by atoms with Crippen LogP contribution in [-0.4, -0.2) is 87.3 Å². The average Bonchev–Trinajstić information content (AvgIpc) is 3.58. The van der Waals surface area contributed by atoms with E-state index < -0.39 is 29.4 Å². The predicted octanol–water partition coefficient (Wildman–Crippen LogP) is 4.55. The summed E-state index contributed by atoms with van der Waals surface area (Å²) in [7, 11) is 0. The molecule has 2 amide bonds. The maximum Gasteiger partial charge on any atom is 0.490 e. The molecule has 1 atom stereocenters. The van der Waals surface area contributed by atoms with Gasteiger partial charge in [-0.1, -0.05) is 48.5 Å². The molecule has 264 valence electrons. The van der Waals surface area contributed by atoms with Crippen LogP contribution >= 0.6 is 0 Å². The Morgan fingerprint density at radius 2 is 1.60 bits per heavy atom. The Hall–Kier alpha value is -5.11. The predicted molar refractivity (Wildman–Crippen MR) is 177 cm³/mol. The molecule has 2 aliphatic rings. The van der Waals surface area contributed by atoms with E-state index >= 15 is 0 Å². The van der Waals surface area contributed by atoms with E-state index in [0.717, 1.165) is 46.8 Å². The topological polar surface area (TPSA) is 136 Å². The van der Waals surface area contributed by atoms with Gasteiger partial charge in [-0.2, -0.15) is 18.3 Å². The number of carbonyl (C=O) groups is 3. The van der Waals surface area contributed by atoms with Crippen LogP contribution in [-0.2, 0) is 22.4 Å². The van der Waals surface area contributed by atoms with E-state index in [4.69, 9.17) is 9.90 Å². The lowest BCUT2D eigenvalue weighted by Gasteiger charge is -2.40. The molecule has 6 rings (SSSR count). The van der Waals surface area contributed by atoms with Crippen molar-refractivity contribution in [2.75, 3.05) is 32.7 Å². The van der Waals surface area contributed by atoms with Gasteiger partial charge in [-0.25, -0.2) is 14.3 Å². The molecule has 2 fully saturated rings. The minimum absolute atomic E-state index is 0.000890. The average molecular weight is 696 g/mol. The minimum atomic E-state index is -5.08. The van der Waals surface area contributed by atoms with Crippen molar-refractivity contribution in [3.05, 3.63) is 110 Å². The monoisotopic (exact) mass is 695 g/mol. The summed E-state index contributed by atoms with van der Waals surface area (Å²) in [5.74, 6) is -3.67. The lowest BCUT2D eigenvalue weighted by atomic mass is 9.85. The number of carbonyl (C=O) groups excluding carboxylic acids is 2. The van der Waals surface area contributed by atoms with Gasteiger partial charge in [0.25, 0.3) is 11.5 Å². The first kappa shape index (κ1) is 36.2. The molecule has 3 heterocycles. The van der Waals surface area contributed by atoms with Crippen LogP contribution in [0.2, 0.25) is 0 Å². The van der Waals surface area contributed by atoms with Crippen LogP contribution in [0, 0.1) is 19.7 Å². The molecule has 0 radical (unpaired) electrons. The number of rotatable bonds is 6. The molecular weight excluding hydrogens is 658 g/mol. The Labute approximate surface area is 285 Å². The lowest BCUT2D eigenvalue weighted by Crippen LogP contribution is -2.60. The smallest absolute Gasteiger partial charge is 0.475 e. The summed E-state index contributed by atoms with van der Waals surface area (Å²) < 4.78 is 46.6. The Morgan fingerprint density at radius 3 is 2.26 bits per heavy atom. The number of nitrogens with one attached hydrogen (secondary N) is 2. The third kappa shape index (κ3) is 7.85. The van der Waals surface area contributed by atoms with E-state index in [2.05, 4.69) is 39.8 Å². The number of carboxylic acid groups (broad SMARTS) is 1. The number of alkyl halides is 3. The molecule has 10 nitrogen and oxygen atoms in total. The molecule has 0 aliphatic carbocycles. The number of aliphatic carboxylic acids is 1. The van der Waals surface area contributed by atoms with Crippen molar-refractivity contribution in [2.45, 2.75) is 51.2 Å². The minimum Gasteiger partial charge on any atom is -0.475 e. The molecule has 0 spiro atoms. The second-order valence-corrected chi connectivity index (χ2v) is 12.6. The van der Waals surface area contributed by atoms with E-state index in [1.165, 1.54) is 6.07 Å². The third-order valence-corrected chi connectivity index (χ3v) is 9.38. The van der Waals surface area contributed by atoms with Gasteiger partial charge in [-0.15, -0.1) is 0 Å². The lowest BCUT2D eigenvalue weighted by molar-refractivity contribution is -0.192. The van der Waals surface area contributed by atoms with Gasteiger partial charge in [0.15, 0.2) is 0 Å². The SMILES string of the molecule is Cc1c(Cc2ccc(F)c(C(=O)N3CCN(C(=O)C4(Cc5cccc6ccccc56)CCCN4)CC3)c2)n[nH]c(=O)c1C.O=C(O)C(F)(F)F. The number of nitrogens with zero attached hydrogens (tertiary/aromatic N) is 3. The summed E-state index contributed by atoms with van der Waals surface area (Å²) in [6.07, 6.45) is -2.43. The van der Waals surface area contributed by atoms with Crippen molar-refractivity contribution >= 4 is 28.6 Å². The maximum atomic E-state index is 14.9. The molecule has 1 aromatic heterocycles. The molecular formula is C36H37F4N5O5. The Kier molecular flexibility index (Phi) is 10.7. The first-order valence-electron chi connectivity index (χ1n) is 16.1. The maximum absolute atomic E-state index is 14.9. The fourth-order valence-corrected chi connectivity index (χ4v) is 6.46. The van der Waals surface area contributed by atoms with Crippen LogP contribution in [0.3, 0.4) is 0 Å². The Morgan fingerprint density at radius 1 is 0.940 bits per heavy atom. The normalized spacial score (nSPS) is 17.7. The zero-order chi connectivity index (χ0) is 36.2. The molecule has 50 heavy (non-hydrogen) atoms. The zero-order valence-electron chi connectivity index (χ0n) is 27.6. The van der Waals surface area contributed by atoms with Crippen LogP contribution in [0.15, 0.2) is 65.5 Å². The van der Waals surface area contributed by atoms with Gasteiger partial charge in [0.1, 0.15) is 11.4 Å². The number of halogens is 4. The van der Waals surface area contributed by atoms with Gasteiger partial charge < -0.3 is 20.2 Å². The molecule has 0 bridgehead atoms. The van der Waals surface area contributed by atoms with Gasteiger partial charge in [-0.3, -0.25) is 14.4 Å². The van der Waals surface area contributed by atoms with Crippen LogP contribution in [0.25, 0.3) is 10.8 Å². The van der Waals surface area contributed by atoms with Gasteiger partial charge in [0.2, 0.25) is 5.91 Å². The standard InChI is InChI=1S/C34H36FN5O3.C2HF3O2/c1-22-23(2)31(41)38-37-30(22)20-24-11-12-29(35)28(19-24)32(42)39-15-17-40(18-16-39)33(43)34(13-6-14-36-34)21-26-9-5-8-25-7-3-4-10-27(25)26;3-2(4,5)1(6)7/h3-5,7-12,19,36H,6,13-18,20-21H2,1-2H3,(H,38,41);(H,6,7). The molecule has 3 aromatic carbocycles. The molecule has 3 N–H and O–H groups in total. The molecule has 2 saturated heterocycles. The number of hydrogen-bond donors (Lipinski definition) is 3. The van der Waals surface area contributed by atoms with Gasteiger partial charge >= 0.3 is 12.1 Å². The summed E-state index contributed by atoms with van der Waals surface area (Å²) in [5.41, 5.74) is 2.99. The number of hydrogen-bond acceptors (Lipinski definition) is 6. The van der Waals surface area contributed by atoms with Crippen molar-refractivity contribution in [2.24, 2.45) is 0 Å². The van der Waals surface area contributed by atoms with Crippen LogP contribution in [0.4, 0.5) is 17.6 Å². The summed E-state index contributed by atoms with van der Waals surface area (Å²) in [6.45, 7) is 5.80. The highest BCUT2D eigenvalue weighted by molar-refractivity contribution is 5.95. The number of amides is 2. The third-order valence-electron chi connectivity index (χ3n) is 9.38. The van der Waals surface area contributed by atoms with Gasteiger partial charge in [-0.05, 0) is 72.8 Å². The highest BCUT2D eigenvalue weighted by atomic mass is 19.4. The first-order chi connectivity index (χ1) is 23.7. The van der Waals surface area contributed by atoms with Crippen LogP contribution in [0.5, 0.6) is 0 Å². The number of carboxylic acids is 1. The summed E-state index contributed by atoms with van der Waals surface area (Å²) in [5, 5.41) is 19.6. The number of benzene rings is 3. The van der Waals surface area contributed by atoms with Gasteiger partial charge in [0, 0.05) is 44.6 Å². The Bertz CT molecular complexity index is 1960. The zero-order valence-corrected chi connectivity index (χ0v) is 27.6. The molecule has 4 aromatic rings. The van der Waals surface area contributed by atoms with E-state index in [-0.39, 0.29) is 17.0 Å². The second kappa shape index (κ2) is 14.8. The number of piperazine rings is 1. The quantitative estimate of drug-likeness (QED) is 0.252. The van der Waals surface area contributed by atoms with E-state index in [1.54, 1.807) is 24.0 Å². The fourth-order valence-electron chi connectivity index (χ4n) is 6.46. The van der Waals surface area contributed by atoms with E-state index in [1.807, 2.05) is 30.0 Å². The molecule has 14 heteroatoms. The fraction of sp³-hybridized carbons (Fsp3) is 0.361. The molecule has 2 aliphatic heterocycles. The summed E-state index contributed by atoms with van der Waals surface area (Å²) >= 11 is 0. The summed E-state index contributed by atoms with van der Waals surface area (Å²) in [6, 6.07) is 19.0. The second-order valence-electron chi connectivity index (χ2n) is 12.6. The number of fused-ring (bicyclic) bond motifs is 1. The van der Waals surface area contributed by atoms with Crippen molar-refractivity contribution in [3.8, 4) is 0 Å². The van der Waals surface area contributed by atoms with Crippen molar-refractivity contribution in [1.82, 2.24) is 25.3 Å². The number of H-pyrrole nitrogens is 1. The van der Waals surface area contributed by atoms with E-state index in [9.17, 15) is 31.9 Å². The first-order valence-corrected chi connectivity index (χ1v) is 16.1.